The van der Waals surface area contributed by atoms with Crippen molar-refractivity contribution in [3.63, 3.8) is 0 Å². The fraction of sp³-hybridized carbons (Fsp3) is 0.125. The molecule has 0 aliphatic rings. The van der Waals surface area contributed by atoms with Gasteiger partial charge in [-0.1, -0.05) is 24.3 Å². The Kier molecular flexibility index (Phi) is 3.14. The van der Waals surface area contributed by atoms with Gasteiger partial charge in [0, 0.05) is 12.7 Å². The van der Waals surface area contributed by atoms with Crippen LogP contribution in [-0.2, 0) is 6.54 Å². The average molecular weight is 272 g/mol. The number of halogens is 2. The normalized spacial score (nSPS) is 10.9. The molecular weight excluding hydrogens is 258 g/mol. The lowest BCUT2D eigenvalue weighted by Gasteiger charge is -2.11. The van der Waals surface area contributed by atoms with Crippen molar-refractivity contribution in [1.29, 1.82) is 0 Å². The van der Waals surface area contributed by atoms with Gasteiger partial charge in [-0.05, 0) is 35.6 Å². The summed E-state index contributed by atoms with van der Waals surface area (Å²) >= 11 is 0. The summed E-state index contributed by atoms with van der Waals surface area (Å²) in [7, 11) is 0. The van der Waals surface area contributed by atoms with Gasteiger partial charge in [0.05, 0.1) is 5.52 Å². The molecule has 0 aliphatic heterocycles. The molecule has 2 nitrogen and oxygen atoms in total. The SMILES string of the molecule is Cc1ccc(F)c(NCc2cccc3cc[nH]c23)c1F. The minimum atomic E-state index is -0.577. The Balaban J connectivity index is 1.90. The van der Waals surface area contributed by atoms with E-state index in [0.29, 0.717) is 12.1 Å². The molecule has 0 atom stereocenters. The standard InChI is InChI=1S/C16H14F2N2/c1-10-5-6-13(17)16(14(10)18)20-9-12-4-2-3-11-7-8-19-15(11)12/h2-8,19-20H,9H2,1H3. The molecule has 0 fully saturated rings. The summed E-state index contributed by atoms with van der Waals surface area (Å²) in [6.07, 6.45) is 1.85. The second-order valence-electron chi connectivity index (χ2n) is 4.77. The summed E-state index contributed by atoms with van der Waals surface area (Å²) in [5, 5.41) is 3.93. The molecule has 2 N–H and O–H groups in total. The topological polar surface area (TPSA) is 27.8 Å². The van der Waals surface area contributed by atoms with Gasteiger partial charge in [-0.25, -0.2) is 8.78 Å². The molecule has 102 valence electrons. The second kappa shape index (κ2) is 4.96. The molecular formula is C16H14F2N2. The monoisotopic (exact) mass is 272 g/mol. The summed E-state index contributed by atoms with van der Waals surface area (Å²) in [6, 6.07) is 10.5. The first-order chi connectivity index (χ1) is 9.66. The Labute approximate surface area is 115 Å². The third kappa shape index (κ3) is 2.13. The summed E-state index contributed by atoms with van der Waals surface area (Å²) in [6.45, 7) is 1.97. The van der Waals surface area contributed by atoms with Crippen molar-refractivity contribution in [2.45, 2.75) is 13.5 Å². The number of H-pyrrole nitrogens is 1. The highest BCUT2D eigenvalue weighted by atomic mass is 19.1. The summed E-state index contributed by atoms with van der Waals surface area (Å²) < 4.78 is 27.6. The fourth-order valence-corrected chi connectivity index (χ4v) is 2.30. The van der Waals surface area contributed by atoms with Gasteiger partial charge in [0.25, 0.3) is 0 Å². The van der Waals surface area contributed by atoms with Gasteiger partial charge in [-0.3, -0.25) is 0 Å². The van der Waals surface area contributed by atoms with Crippen LogP contribution in [0.1, 0.15) is 11.1 Å². The molecule has 4 heteroatoms. The number of para-hydroxylation sites is 1. The average Bonchev–Trinajstić information content (AvgIpc) is 2.92. The maximum Gasteiger partial charge on any atom is 0.152 e. The van der Waals surface area contributed by atoms with Crippen LogP contribution in [0.3, 0.4) is 0 Å². The van der Waals surface area contributed by atoms with Crippen LogP contribution >= 0.6 is 0 Å². The number of hydrogen-bond acceptors (Lipinski definition) is 1. The van der Waals surface area contributed by atoms with Crippen LogP contribution in [0.4, 0.5) is 14.5 Å². The second-order valence-corrected chi connectivity index (χ2v) is 4.77. The van der Waals surface area contributed by atoms with E-state index in [1.165, 1.54) is 12.1 Å². The molecule has 0 radical (unpaired) electrons. The summed E-state index contributed by atoms with van der Waals surface area (Å²) in [5.74, 6) is -1.12. The third-order valence-electron chi connectivity index (χ3n) is 3.41. The van der Waals surface area contributed by atoms with Crippen molar-refractivity contribution in [3.8, 4) is 0 Å². The first-order valence-corrected chi connectivity index (χ1v) is 6.40. The van der Waals surface area contributed by atoms with Crippen molar-refractivity contribution in [1.82, 2.24) is 4.98 Å². The molecule has 0 unspecified atom stereocenters. The lowest BCUT2D eigenvalue weighted by molar-refractivity contribution is 0.582. The first kappa shape index (κ1) is 12.7. The zero-order chi connectivity index (χ0) is 14.1. The highest BCUT2D eigenvalue weighted by Crippen LogP contribution is 2.23. The number of hydrogen-bond donors (Lipinski definition) is 2. The van der Waals surface area contributed by atoms with E-state index >= 15 is 0 Å². The number of rotatable bonds is 3. The molecule has 1 heterocycles. The predicted octanol–water partition coefficient (Wildman–Crippen LogP) is 4.37. The van der Waals surface area contributed by atoms with Crippen molar-refractivity contribution >= 4 is 16.6 Å². The molecule has 0 spiro atoms. The summed E-state index contributed by atoms with van der Waals surface area (Å²) in [5.41, 5.74) is 2.29. The number of aromatic amines is 1. The van der Waals surface area contributed by atoms with Crippen molar-refractivity contribution < 1.29 is 8.78 Å². The van der Waals surface area contributed by atoms with E-state index in [0.717, 1.165) is 16.5 Å². The fourth-order valence-electron chi connectivity index (χ4n) is 2.30. The minimum absolute atomic E-state index is 0.0754. The highest BCUT2D eigenvalue weighted by Gasteiger charge is 2.11. The molecule has 3 rings (SSSR count). The van der Waals surface area contributed by atoms with Gasteiger partial charge in [-0.2, -0.15) is 0 Å². The Morgan fingerprint density at radius 1 is 1.10 bits per heavy atom. The summed E-state index contributed by atoms with van der Waals surface area (Å²) in [4.78, 5) is 3.14. The number of aromatic nitrogens is 1. The quantitative estimate of drug-likeness (QED) is 0.728. The molecule has 0 saturated carbocycles. The predicted molar refractivity (Wildman–Crippen MR) is 76.7 cm³/mol. The molecule has 0 aliphatic carbocycles. The zero-order valence-corrected chi connectivity index (χ0v) is 11.0. The van der Waals surface area contributed by atoms with Crippen LogP contribution in [-0.4, -0.2) is 4.98 Å². The Bertz CT molecular complexity index is 762. The van der Waals surface area contributed by atoms with E-state index in [1.54, 1.807) is 6.92 Å². The zero-order valence-electron chi connectivity index (χ0n) is 11.0. The first-order valence-electron chi connectivity index (χ1n) is 6.40. The molecule has 20 heavy (non-hydrogen) atoms. The molecule has 0 amide bonds. The van der Waals surface area contributed by atoms with Gasteiger partial charge >= 0.3 is 0 Å². The molecule has 0 saturated heterocycles. The van der Waals surface area contributed by atoms with Gasteiger partial charge in [0.2, 0.25) is 0 Å². The number of benzene rings is 2. The van der Waals surface area contributed by atoms with Crippen LogP contribution < -0.4 is 5.32 Å². The largest absolute Gasteiger partial charge is 0.376 e. The molecule has 0 bridgehead atoms. The van der Waals surface area contributed by atoms with E-state index in [1.807, 2.05) is 30.5 Å². The smallest absolute Gasteiger partial charge is 0.152 e. The van der Waals surface area contributed by atoms with Crippen LogP contribution in [0, 0.1) is 18.6 Å². The molecule has 1 aromatic heterocycles. The Morgan fingerprint density at radius 3 is 2.80 bits per heavy atom. The van der Waals surface area contributed by atoms with Gasteiger partial charge in [-0.15, -0.1) is 0 Å². The van der Waals surface area contributed by atoms with Crippen LogP contribution in [0.25, 0.3) is 10.9 Å². The van der Waals surface area contributed by atoms with Gasteiger partial charge in [0.1, 0.15) is 11.5 Å². The van der Waals surface area contributed by atoms with Crippen molar-refractivity contribution in [2.24, 2.45) is 0 Å². The molecule has 2 aromatic carbocycles. The molecule has 3 aromatic rings. The van der Waals surface area contributed by atoms with E-state index in [2.05, 4.69) is 10.3 Å². The lowest BCUT2D eigenvalue weighted by atomic mass is 10.1. The number of anilines is 1. The third-order valence-corrected chi connectivity index (χ3v) is 3.41. The van der Waals surface area contributed by atoms with E-state index in [-0.39, 0.29) is 5.69 Å². The Morgan fingerprint density at radius 2 is 1.95 bits per heavy atom. The van der Waals surface area contributed by atoms with Crippen LogP contribution in [0.2, 0.25) is 0 Å². The van der Waals surface area contributed by atoms with E-state index < -0.39 is 11.6 Å². The van der Waals surface area contributed by atoms with Gasteiger partial charge < -0.3 is 10.3 Å². The number of fused-ring (bicyclic) bond motifs is 1. The number of aryl methyl sites for hydroxylation is 1. The van der Waals surface area contributed by atoms with E-state index in [4.69, 9.17) is 0 Å². The number of nitrogens with one attached hydrogen (secondary N) is 2. The van der Waals surface area contributed by atoms with Crippen molar-refractivity contribution in [2.75, 3.05) is 5.32 Å². The van der Waals surface area contributed by atoms with E-state index in [9.17, 15) is 8.78 Å². The van der Waals surface area contributed by atoms with Crippen LogP contribution in [0.5, 0.6) is 0 Å². The van der Waals surface area contributed by atoms with Crippen molar-refractivity contribution in [3.05, 3.63) is 65.4 Å². The highest BCUT2D eigenvalue weighted by molar-refractivity contribution is 5.82. The van der Waals surface area contributed by atoms with Gasteiger partial charge in [0.15, 0.2) is 5.82 Å². The Hall–Kier alpha value is -2.36. The maximum atomic E-state index is 13.9. The van der Waals surface area contributed by atoms with Crippen LogP contribution in [0.15, 0.2) is 42.6 Å². The lowest BCUT2D eigenvalue weighted by Crippen LogP contribution is -2.05. The minimum Gasteiger partial charge on any atom is -0.376 e. The maximum absolute atomic E-state index is 13.9.